The van der Waals surface area contributed by atoms with Crippen LogP contribution in [-0.4, -0.2) is 96.9 Å². The molecule has 5 rings (SSSR count). The minimum absolute atomic E-state index is 0. The van der Waals surface area contributed by atoms with Gasteiger partial charge in [-0.3, -0.25) is 18.7 Å². The van der Waals surface area contributed by atoms with Gasteiger partial charge in [-0.05, 0) is 48.5 Å². The van der Waals surface area contributed by atoms with Crippen molar-refractivity contribution < 1.29 is 35.5 Å². The first-order chi connectivity index (χ1) is 18.9. The molecular formula is C28H20N2Na2O8S2. The number of fused-ring (bicyclic) bond motifs is 2. The number of benzene rings is 5. The molecule has 204 valence electrons. The van der Waals surface area contributed by atoms with Gasteiger partial charge < -0.3 is 10.6 Å². The summed E-state index contributed by atoms with van der Waals surface area (Å²) in [5, 5.41) is 6.75. The SMILES string of the molecule is O=C(Nc1ccc(S(=O)(=O)O)c2ccccc12)c1ccc(C(=O)Nc2ccc(S(=O)(=O)O)c3ccccc23)cc1.[Na].[Na]. The van der Waals surface area contributed by atoms with Gasteiger partial charge in [-0.15, -0.1) is 0 Å². The van der Waals surface area contributed by atoms with Crippen LogP contribution in [0, 0.1) is 0 Å². The molecule has 0 saturated heterocycles. The summed E-state index contributed by atoms with van der Waals surface area (Å²) in [6.45, 7) is 0. The summed E-state index contributed by atoms with van der Waals surface area (Å²) in [7, 11) is -8.94. The van der Waals surface area contributed by atoms with Gasteiger partial charge in [-0.25, -0.2) is 0 Å². The van der Waals surface area contributed by atoms with Gasteiger partial charge in [0.1, 0.15) is 9.79 Å². The van der Waals surface area contributed by atoms with Crippen molar-refractivity contribution in [2.24, 2.45) is 0 Å². The minimum atomic E-state index is -4.47. The number of carbonyl (C=O) groups is 2. The predicted octanol–water partition coefficient (Wildman–Crippen LogP) is 4.23. The zero-order valence-electron chi connectivity index (χ0n) is 22.4. The van der Waals surface area contributed by atoms with Crippen molar-refractivity contribution in [3.05, 3.63) is 108 Å². The molecule has 14 heteroatoms. The summed E-state index contributed by atoms with van der Waals surface area (Å²) in [6, 6.07) is 23.7. The van der Waals surface area contributed by atoms with Crippen LogP contribution in [0.3, 0.4) is 0 Å². The van der Waals surface area contributed by atoms with Crippen LogP contribution in [0.25, 0.3) is 21.5 Å². The first kappa shape index (κ1) is 33.9. The Labute approximate surface area is 285 Å². The van der Waals surface area contributed by atoms with Crippen LogP contribution in [0.4, 0.5) is 11.4 Å². The van der Waals surface area contributed by atoms with E-state index in [4.69, 9.17) is 0 Å². The monoisotopic (exact) mass is 622 g/mol. The van der Waals surface area contributed by atoms with E-state index in [-0.39, 0.29) is 90.8 Å². The smallest absolute Gasteiger partial charge is 0.295 e. The van der Waals surface area contributed by atoms with Crippen LogP contribution in [0.15, 0.2) is 107 Å². The number of hydrogen-bond donors (Lipinski definition) is 4. The minimum Gasteiger partial charge on any atom is -0.321 e. The Kier molecular flexibility index (Phi) is 10.8. The summed E-state index contributed by atoms with van der Waals surface area (Å²) in [4.78, 5) is 25.3. The molecule has 0 aromatic heterocycles. The fourth-order valence-corrected chi connectivity index (χ4v) is 5.76. The standard InChI is InChI=1S/C28H20N2O8S2.2Na/c31-27(29-23-13-15-25(39(33,34)35)21-7-3-1-5-19(21)23)17-9-11-18(12-10-17)28(32)30-24-14-16-26(40(36,37)38)22-8-4-2-6-20(22)24;;/h1-16H,(H,29,31)(H,30,32)(H,33,34,35)(H,36,37,38);;. The van der Waals surface area contributed by atoms with Crippen molar-refractivity contribution >= 4 is 124 Å². The van der Waals surface area contributed by atoms with Gasteiger partial charge in [0.15, 0.2) is 0 Å². The van der Waals surface area contributed by atoms with Crippen molar-refractivity contribution in [3.8, 4) is 0 Å². The molecule has 0 heterocycles. The van der Waals surface area contributed by atoms with Crippen LogP contribution in [0.5, 0.6) is 0 Å². The normalized spacial score (nSPS) is 11.3. The summed E-state index contributed by atoms with van der Waals surface area (Å²) in [5.74, 6) is -1.02. The van der Waals surface area contributed by atoms with Crippen molar-refractivity contribution in [2.45, 2.75) is 9.79 Å². The maximum absolute atomic E-state index is 12.9. The molecule has 10 nitrogen and oxygen atoms in total. The fraction of sp³-hybridized carbons (Fsp3) is 0. The van der Waals surface area contributed by atoms with Crippen molar-refractivity contribution in [2.75, 3.05) is 10.6 Å². The molecule has 0 fully saturated rings. The summed E-state index contributed by atoms with van der Waals surface area (Å²) in [5.41, 5.74) is 1.11. The second-order valence-corrected chi connectivity index (χ2v) is 11.5. The molecular weight excluding hydrogens is 602 g/mol. The van der Waals surface area contributed by atoms with Gasteiger partial charge >= 0.3 is 0 Å². The fourth-order valence-electron chi connectivity index (χ4n) is 4.37. The number of carbonyl (C=O) groups excluding carboxylic acids is 2. The van der Waals surface area contributed by atoms with E-state index in [0.29, 0.717) is 22.1 Å². The number of anilines is 2. The van der Waals surface area contributed by atoms with E-state index in [1.54, 1.807) is 36.4 Å². The van der Waals surface area contributed by atoms with E-state index >= 15 is 0 Å². The summed E-state index contributed by atoms with van der Waals surface area (Å²) >= 11 is 0. The number of rotatable bonds is 6. The largest absolute Gasteiger partial charge is 0.321 e. The number of nitrogens with one attached hydrogen (secondary N) is 2. The Morgan fingerprint density at radius 1 is 0.476 bits per heavy atom. The molecule has 0 spiro atoms. The van der Waals surface area contributed by atoms with E-state index in [2.05, 4.69) is 10.6 Å². The summed E-state index contributed by atoms with van der Waals surface area (Å²) in [6.07, 6.45) is 0. The molecule has 0 aliphatic rings. The zero-order chi connectivity index (χ0) is 28.7. The van der Waals surface area contributed by atoms with Crippen LogP contribution >= 0.6 is 0 Å². The Morgan fingerprint density at radius 3 is 1.10 bits per heavy atom. The molecule has 0 bridgehead atoms. The van der Waals surface area contributed by atoms with E-state index in [9.17, 15) is 35.5 Å². The first-order valence-corrected chi connectivity index (χ1v) is 14.5. The van der Waals surface area contributed by atoms with Gasteiger partial charge in [-0.1, -0.05) is 48.5 Å². The molecule has 42 heavy (non-hydrogen) atoms. The molecule has 0 aliphatic carbocycles. The topological polar surface area (TPSA) is 167 Å². The zero-order valence-corrected chi connectivity index (χ0v) is 28.0. The van der Waals surface area contributed by atoms with E-state index < -0.39 is 32.1 Å². The quantitative estimate of drug-likeness (QED) is 0.161. The Bertz CT molecular complexity index is 1900. The molecule has 0 atom stereocenters. The number of hydrogen-bond acceptors (Lipinski definition) is 6. The first-order valence-electron chi connectivity index (χ1n) is 11.6. The maximum Gasteiger partial charge on any atom is 0.295 e. The van der Waals surface area contributed by atoms with Gasteiger partial charge in [0.25, 0.3) is 32.1 Å². The summed E-state index contributed by atoms with van der Waals surface area (Å²) < 4.78 is 65.9. The maximum atomic E-state index is 12.9. The molecule has 2 amide bonds. The molecule has 5 aromatic carbocycles. The van der Waals surface area contributed by atoms with Crippen molar-refractivity contribution in [1.82, 2.24) is 0 Å². The third kappa shape index (κ3) is 7.12. The molecule has 0 unspecified atom stereocenters. The van der Waals surface area contributed by atoms with Gasteiger partial charge in [0.2, 0.25) is 0 Å². The predicted molar refractivity (Wildman–Crippen MR) is 161 cm³/mol. The van der Waals surface area contributed by atoms with Crippen LogP contribution < -0.4 is 10.6 Å². The van der Waals surface area contributed by atoms with Crippen LogP contribution in [0.2, 0.25) is 0 Å². The second-order valence-electron chi connectivity index (χ2n) is 8.75. The molecule has 0 aliphatic heterocycles. The van der Waals surface area contributed by atoms with Crippen LogP contribution in [-0.2, 0) is 20.2 Å². The van der Waals surface area contributed by atoms with Gasteiger partial charge in [0.05, 0.1) is 0 Å². The van der Waals surface area contributed by atoms with E-state index in [0.717, 1.165) is 0 Å². The van der Waals surface area contributed by atoms with Gasteiger partial charge in [-0.2, -0.15) is 16.8 Å². The molecule has 4 N–H and O–H groups in total. The molecule has 5 aromatic rings. The molecule has 2 radical (unpaired) electrons. The third-order valence-corrected chi connectivity index (χ3v) is 8.05. The average molecular weight is 623 g/mol. The van der Waals surface area contributed by atoms with Crippen molar-refractivity contribution in [3.63, 3.8) is 0 Å². The third-order valence-electron chi connectivity index (χ3n) is 6.23. The van der Waals surface area contributed by atoms with E-state index in [1.165, 1.54) is 60.7 Å². The Balaban J connectivity index is 0.00000242. The van der Waals surface area contributed by atoms with Gasteiger partial charge in [0, 0.05) is 103 Å². The molecule has 0 saturated carbocycles. The average Bonchev–Trinajstić information content (AvgIpc) is 2.92. The van der Waals surface area contributed by atoms with Crippen molar-refractivity contribution in [1.29, 1.82) is 0 Å². The number of amides is 2. The van der Waals surface area contributed by atoms with Crippen LogP contribution in [0.1, 0.15) is 20.7 Å². The Hall–Kier alpha value is -2.62. The Morgan fingerprint density at radius 2 is 0.786 bits per heavy atom. The second kappa shape index (κ2) is 13.3. The van der Waals surface area contributed by atoms with E-state index in [1.807, 2.05) is 0 Å².